The van der Waals surface area contributed by atoms with Gasteiger partial charge in [-0.1, -0.05) is 24.3 Å². The van der Waals surface area contributed by atoms with E-state index < -0.39 is 0 Å². The highest BCUT2D eigenvalue weighted by atomic mass is 35.5. The summed E-state index contributed by atoms with van der Waals surface area (Å²) in [7, 11) is 0. The van der Waals surface area contributed by atoms with Crippen LogP contribution in [0.2, 0.25) is 0 Å². The first-order chi connectivity index (χ1) is 16.6. The normalized spacial score (nSPS) is 11.3. The van der Waals surface area contributed by atoms with E-state index in [1.54, 1.807) is 0 Å². The van der Waals surface area contributed by atoms with Gasteiger partial charge in [0.2, 0.25) is 0 Å². The number of fused-ring (bicyclic) bond motifs is 2. The molecule has 38 heavy (non-hydrogen) atoms. The largest absolute Gasteiger partial charge is 0.384 e. The molecule has 3 aromatic carbocycles. The molecule has 5 aromatic rings. The van der Waals surface area contributed by atoms with Gasteiger partial charge in [0, 0.05) is 35.3 Å². The topological polar surface area (TPSA) is 134 Å². The van der Waals surface area contributed by atoms with Gasteiger partial charge in [-0.2, -0.15) is 0 Å². The van der Waals surface area contributed by atoms with E-state index in [0.29, 0.717) is 24.8 Å². The lowest BCUT2D eigenvalue weighted by molar-refractivity contribution is 1.12. The average molecular weight is 596 g/mol. The maximum atomic E-state index is 6.05. The lowest BCUT2D eigenvalue weighted by Gasteiger charge is -2.00. The maximum absolute atomic E-state index is 6.05. The molecule has 12 heteroatoms. The first-order valence-corrected chi connectivity index (χ1v) is 11.3. The van der Waals surface area contributed by atoms with Crippen LogP contribution in [-0.4, -0.2) is 44.7 Å². The Balaban J connectivity index is 0.00000180. The van der Waals surface area contributed by atoms with E-state index in [9.17, 15) is 0 Å². The minimum atomic E-state index is 0. The second-order valence-corrected chi connectivity index (χ2v) is 7.93. The fraction of sp³-hybridized carbons (Fsp3) is 0.154. The van der Waals surface area contributed by atoms with Crippen molar-refractivity contribution in [1.82, 2.24) is 19.9 Å². The number of rotatable bonds is 6. The van der Waals surface area contributed by atoms with Gasteiger partial charge in [-0.25, -0.2) is 9.97 Å². The van der Waals surface area contributed by atoms with Crippen molar-refractivity contribution in [3.8, 4) is 22.8 Å². The van der Waals surface area contributed by atoms with Crippen molar-refractivity contribution in [2.75, 3.05) is 13.1 Å². The SMILES string of the molecule is CCN=C(N)c1ccc2nc(-c3ccc(-c4nc5ccc(C(N)=NCC)cc5[nH]4)cc3)[nH]c2c1.Cl.Cl.Cl.Cl. The second kappa shape index (κ2) is 14.0. The average Bonchev–Trinajstić information content (AvgIpc) is 3.47. The van der Waals surface area contributed by atoms with Gasteiger partial charge in [0.1, 0.15) is 23.3 Å². The number of nitrogens with two attached hydrogens (primary N) is 2. The molecule has 0 aliphatic rings. The number of nitrogens with one attached hydrogen (secondary N) is 2. The molecule has 0 fully saturated rings. The van der Waals surface area contributed by atoms with Gasteiger partial charge in [0.05, 0.1) is 22.1 Å². The summed E-state index contributed by atoms with van der Waals surface area (Å²) in [5.41, 5.74) is 19.4. The van der Waals surface area contributed by atoms with Crippen molar-refractivity contribution >= 4 is 83.4 Å². The minimum absolute atomic E-state index is 0. The van der Waals surface area contributed by atoms with Crippen LogP contribution >= 0.6 is 49.6 Å². The smallest absolute Gasteiger partial charge is 0.138 e. The van der Waals surface area contributed by atoms with Crippen molar-refractivity contribution < 1.29 is 0 Å². The molecule has 8 nitrogen and oxygen atoms in total. The Bertz CT molecular complexity index is 1440. The van der Waals surface area contributed by atoms with Gasteiger partial charge in [0.15, 0.2) is 0 Å². The molecule has 0 amide bonds. The van der Waals surface area contributed by atoms with E-state index in [1.807, 2.05) is 74.5 Å². The summed E-state index contributed by atoms with van der Waals surface area (Å²) >= 11 is 0. The number of H-pyrrole nitrogens is 2. The second-order valence-electron chi connectivity index (χ2n) is 7.93. The van der Waals surface area contributed by atoms with Crippen LogP contribution in [0.4, 0.5) is 0 Å². The zero-order valence-electron chi connectivity index (χ0n) is 20.8. The fourth-order valence-electron chi connectivity index (χ4n) is 3.92. The molecule has 5 rings (SSSR count). The summed E-state index contributed by atoms with van der Waals surface area (Å²) in [6.45, 7) is 5.23. The molecule has 0 saturated carbocycles. The molecule has 2 aromatic heterocycles. The first-order valence-electron chi connectivity index (χ1n) is 11.3. The Morgan fingerprint density at radius 3 is 1.34 bits per heavy atom. The molecule has 0 aliphatic carbocycles. The third-order valence-electron chi connectivity index (χ3n) is 5.64. The van der Waals surface area contributed by atoms with Crippen molar-refractivity contribution in [1.29, 1.82) is 0 Å². The third kappa shape index (κ3) is 6.57. The van der Waals surface area contributed by atoms with Crippen LogP contribution in [0.3, 0.4) is 0 Å². The number of hydrogen-bond donors (Lipinski definition) is 4. The summed E-state index contributed by atoms with van der Waals surface area (Å²) in [6, 6.07) is 19.9. The number of hydrogen-bond acceptors (Lipinski definition) is 4. The maximum Gasteiger partial charge on any atom is 0.138 e. The Kier molecular flexibility index (Phi) is 12.1. The van der Waals surface area contributed by atoms with Crippen molar-refractivity contribution in [3.63, 3.8) is 0 Å². The van der Waals surface area contributed by atoms with E-state index in [0.717, 1.165) is 56.0 Å². The zero-order chi connectivity index (χ0) is 23.7. The van der Waals surface area contributed by atoms with Gasteiger partial charge >= 0.3 is 0 Å². The number of halogens is 4. The number of imidazole rings is 2. The van der Waals surface area contributed by atoms with Crippen molar-refractivity contribution in [3.05, 3.63) is 71.8 Å². The number of amidine groups is 2. The predicted octanol–water partition coefficient (Wildman–Crippen LogP) is 5.91. The predicted molar refractivity (Wildman–Crippen MR) is 168 cm³/mol. The van der Waals surface area contributed by atoms with Crippen LogP contribution in [0, 0.1) is 0 Å². The molecule has 0 spiro atoms. The Hall–Kier alpha value is -3.30. The summed E-state index contributed by atoms with van der Waals surface area (Å²) in [4.78, 5) is 24.8. The van der Waals surface area contributed by atoms with Crippen LogP contribution in [-0.2, 0) is 0 Å². The van der Waals surface area contributed by atoms with Crippen molar-refractivity contribution in [2.45, 2.75) is 13.8 Å². The monoisotopic (exact) mass is 594 g/mol. The highest BCUT2D eigenvalue weighted by Gasteiger charge is 2.10. The summed E-state index contributed by atoms with van der Waals surface area (Å²) in [5, 5.41) is 0. The Labute approximate surface area is 245 Å². The zero-order valence-corrected chi connectivity index (χ0v) is 24.0. The van der Waals surface area contributed by atoms with Crippen LogP contribution in [0.25, 0.3) is 44.8 Å². The molecule has 6 N–H and O–H groups in total. The lowest BCUT2D eigenvalue weighted by Crippen LogP contribution is -2.13. The molecule has 0 saturated heterocycles. The standard InChI is InChI=1S/C26H26N8.4ClH/c1-3-29-23(27)17-9-11-19-21(13-17)33-25(31-19)15-5-7-16(8-6-15)26-32-20-12-10-18(14-22(20)34-26)24(28)30-4-2;;;;/h5-14H,3-4H2,1-2H3,(H2,27,29)(H2,28,30)(H,31,33)(H,32,34);4*1H. The number of nitrogens with zero attached hydrogens (tertiary/aromatic N) is 4. The van der Waals surface area contributed by atoms with E-state index in [1.165, 1.54) is 0 Å². The Morgan fingerprint density at radius 1 is 0.632 bits per heavy atom. The van der Waals surface area contributed by atoms with Crippen LogP contribution in [0.1, 0.15) is 25.0 Å². The number of aromatic nitrogens is 4. The van der Waals surface area contributed by atoms with Gasteiger partial charge in [0.25, 0.3) is 0 Å². The minimum Gasteiger partial charge on any atom is -0.384 e. The molecule has 2 heterocycles. The van der Waals surface area contributed by atoms with Crippen LogP contribution < -0.4 is 11.5 Å². The van der Waals surface area contributed by atoms with Crippen molar-refractivity contribution in [2.24, 2.45) is 21.5 Å². The molecule has 0 atom stereocenters. The molecular weight excluding hydrogens is 566 g/mol. The Morgan fingerprint density at radius 2 is 1.00 bits per heavy atom. The van der Waals surface area contributed by atoms with E-state index in [-0.39, 0.29) is 49.6 Å². The third-order valence-corrected chi connectivity index (χ3v) is 5.64. The fourth-order valence-corrected chi connectivity index (χ4v) is 3.92. The first kappa shape index (κ1) is 32.7. The van der Waals surface area contributed by atoms with Gasteiger partial charge in [-0.05, 0) is 50.2 Å². The number of benzene rings is 3. The summed E-state index contributed by atoms with van der Waals surface area (Å²) in [5.74, 6) is 2.65. The van der Waals surface area contributed by atoms with Gasteiger partial charge < -0.3 is 21.4 Å². The van der Waals surface area contributed by atoms with Gasteiger partial charge in [-0.15, -0.1) is 49.6 Å². The molecule has 0 radical (unpaired) electrons. The summed E-state index contributed by atoms with van der Waals surface area (Å²) < 4.78 is 0. The molecule has 0 aliphatic heterocycles. The molecule has 0 unspecified atom stereocenters. The highest BCUT2D eigenvalue weighted by Crippen LogP contribution is 2.26. The number of aliphatic imine (C=N–C) groups is 2. The molecule has 0 bridgehead atoms. The number of aromatic amines is 2. The molecular formula is C26H30Cl4N8. The quantitative estimate of drug-likeness (QED) is 0.143. The highest BCUT2D eigenvalue weighted by molar-refractivity contribution is 6.01. The molecule has 202 valence electrons. The lowest BCUT2D eigenvalue weighted by atomic mass is 10.1. The van der Waals surface area contributed by atoms with Crippen LogP contribution in [0.15, 0.2) is 70.6 Å². The van der Waals surface area contributed by atoms with E-state index in [4.69, 9.17) is 21.4 Å². The van der Waals surface area contributed by atoms with Gasteiger partial charge in [-0.3, -0.25) is 9.98 Å². The van der Waals surface area contributed by atoms with E-state index in [2.05, 4.69) is 20.0 Å². The summed E-state index contributed by atoms with van der Waals surface area (Å²) in [6.07, 6.45) is 0. The van der Waals surface area contributed by atoms with Crippen LogP contribution in [0.5, 0.6) is 0 Å². The van der Waals surface area contributed by atoms with E-state index >= 15 is 0 Å².